The van der Waals surface area contributed by atoms with Gasteiger partial charge < -0.3 is 9.64 Å². The summed E-state index contributed by atoms with van der Waals surface area (Å²) in [6.07, 6.45) is 0.927. The van der Waals surface area contributed by atoms with E-state index in [2.05, 4.69) is 9.80 Å². The van der Waals surface area contributed by atoms with Crippen molar-refractivity contribution in [1.29, 1.82) is 0 Å². The van der Waals surface area contributed by atoms with Crippen molar-refractivity contribution in [3.8, 4) is 5.75 Å². The Labute approximate surface area is 175 Å². The zero-order valence-electron chi connectivity index (χ0n) is 16.1. The highest BCUT2D eigenvalue weighted by Crippen LogP contribution is 2.17. The number of piperazine rings is 1. The Kier molecular flexibility index (Phi) is 7.98. The number of hydrogen-bond acceptors (Lipinski definition) is 5. The lowest BCUT2D eigenvalue weighted by atomic mass is 10.3. The van der Waals surface area contributed by atoms with Crippen molar-refractivity contribution in [1.82, 2.24) is 14.0 Å². The third kappa shape index (κ3) is 5.31. The Morgan fingerprint density at radius 2 is 1.75 bits per heavy atom. The van der Waals surface area contributed by atoms with Crippen LogP contribution in [0.5, 0.6) is 5.75 Å². The van der Waals surface area contributed by atoms with Crippen LogP contribution in [0.25, 0.3) is 0 Å². The maximum atomic E-state index is 12.1. The summed E-state index contributed by atoms with van der Waals surface area (Å²) in [7, 11) is 3.20. The molecule has 1 aliphatic rings. The molecule has 0 unspecified atom stereocenters. The van der Waals surface area contributed by atoms with Crippen molar-refractivity contribution in [3.63, 3.8) is 0 Å². The fourth-order valence-electron chi connectivity index (χ4n) is 3.26. The van der Waals surface area contributed by atoms with Gasteiger partial charge in [0.25, 0.3) is 5.56 Å². The van der Waals surface area contributed by atoms with Gasteiger partial charge >= 0.3 is 5.69 Å². The second-order valence-corrected chi connectivity index (χ2v) is 7.17. The van der Waals surface area contributed by atoms with Crippen LogP contribution in [-0.4, -0.2) is 53.4 Å². The number of rotatable bonds is 6. The molecule has 1 fully saturated rings. The summed E-state index contributed by atoms with van der Waals surface area (Å²) in [5.41, 5.74) is -0.563. The SMILES string of the molecule is Cl.Cn1c(N2CCN(CCCOc3cccc(Cl)c3)CC2)cc(=O)n(C)c1=O. The molecule has 1 aromatic heterocycles. The molecule has 0 spiro atoms. The highest BCUT2D eigenvalue weighted by molar-refractivity contribution is 6.30. The Hall–Kier alpha value is -1.96. The van der Waals surface area contributed by atoms with Crippen molar-refractivity contribution in [2.45, 2.75) is 6.42 Å². The first-order valence-corrected chi connectivity index (χ1v) is 9.46. The average molecular weight is 429 g/mol. The molecule has 0 bridgehead atoms. The largest absolute Gasteiger partial charge is 0.493 e. The van der Waals surface area contributed by atoms with Gasteiger partial charge in [-0.15, -0.1) is 12.4 Å². The third-order valence-corrected chi connectivity index (χ3v) is 5.12. The summed E-state index contributed by atoms with van der Waals surface area (Å²) in [5, 5.41) is 0.675. The van der Waals surface area contributed by atoms with E-state index in [-0.39, 0.29) is 23.7 Å². The van der Waals surface area contributed by atoms with Gasteiger partial charge in [0.2, 0.25) is 0 Å². The van der Waals surface area contributed by atoms with Crippen LogP contribution in [0.4, 0.5) is 5.82 Å². The maximum absolute atomic E-state index is 12.1. The normalized spacial score (nSPS) is 14.6. The van der Waals surface area contributed by atoms with E-state index in [9.17, 15) is 9.59 Å². The van der Waals surface area contributed by atoms with Gasteiger partial charge in [0, 0.05) is 57.9 Å². The van der Waals surface area contributed by atoms with Gasteiger partial charge in [-0.1, -0.05) is 17.7 Å². The molecular weight excluding hydrogens is 403 g/mol. The van der Waals surface area contributed by atoms with Crippen LogP contribution >= 0.6 is 24.0 Å². The van der Waals surface area contributed by atoms with Gasteiger partial charge in [-0.2, -0.15) is 0 Å². The molecule has 28 heavy (non-hydrogen) atoms. The molecule has 7 nitrogen and oxygen atoms in total. The molecule has 0 aliphatic carbocycles. The Morgan fingerprint density at radius 3 is 2.43 bits per heavy atom. The lowest BCUT2D eigenvalue weighted by Crippen LogP contribution is -2.49. The van der Waals surface area contributed by atoms with E-state index in [1.165, 1.54) is 17.7 Å². The lowest BCUT2D eigenvalue weighted by Gasteiger charge is -2.36. The summed E-state index contributed by atoms with van der Waals surface area (Å²) in [5.74, 6) is 1.48. The molecule has 9 heteroatoms. The van der Waals surface area contributed by atoms with Gasteiger partial charge in [0.15, 0.2) is 0 Å². The van der Waals surface area contributed by atoms with E-state index < -0.39 is 0 Å². The summed E-state index contributed by atoms with van der Waals surface area (Å²) >= 11 is 5.95. The predicted octanol–water partition coefficient (Wildman–Crippen LogP) is 1.75. The molecule has 0 N–H and O–H groups in total. The molecule has 1 aliphatic heterocycles. The van der Waals surface area contributed by atoms with E-state index in [1.807, 2.05) is 24.3 Å². The number of ether oxygens (including phenoxy) is 1. The second kappa shape index (κ2) is 10.0. The van der Waals surface area contributed by atoms with Crippen molar-refractivity contribution in [3.05, 3.63) is 56.2 Å². The fourth-order valence-corrected chi connectivity index (χ4v) is 3.44. The summed E-state index contributed by atoms with van der Waals surface area (Å²) in [4.78, 5) is 28.5. The van der Waals surface area contributed by atoms with E-state index >= 15 is 0 Å². The van der Waals surface area contributed by atoms with Gasteiger partial charge in [-0.05, 0) is 24.6 Å². The van der Waals surface area contributed by atoms with Crippen LogP contribution in [0.2, 0.25) is 5.02 Å². The highest BCUT2D eigenvalue weighted by Gasteiger charge is 2.20. The van der Waals surface area contributed by atoms with Crippen molar-refractivity contribution in [2.24, 2.45) is 14.1 Å². The van der Waals surface area contributed by atoms with E-state index in [1.54, 1.807) is 7.05 Å². The van der Waals surface area contributed by atoms with E-state index in [0.717, 1.165) is 49.5 Å². The van der Waals surface area contributed by atoms with Crippen LogP contribution in [0.15, 0.2) is 39.9 Å². The quantitative estimate of drug-likeness (QED) is 0.655. The van der Waals surface area contributed by atoms with Crippen LogP contribution < -0.4 is 20.9 Å². The third-order valence-electron chi connectivity index (χ3n) is 4.88. The predicted molar refractivity (Wildman–Crippen MR) is 114 cm³/mol. The molecule has 0 saturated carbocycles. The second-order valence-electron chi connectivity index (χ2n) is 6.73. The molecule has 0 amide bonds. The molecule has 154 valence electrons. The first-order chi connectivity index (χ1) is 13.0. The van der Waals surface area contributed by atoms with Gasteiger partial charge in [-0.3, -0.25) is 18.8 Å². The van der Waals surface area contributed by atoms with Crippen molar-refractivity contribution < 1.29 is 4.74 Å². The van der Waals surface area contributed by atoms with Gasteiger partial charge in [-0.25, -0.2) is 4.79 Å². The molecule has 1 aromatic carbocycles. The zero-order valence-corrected chi connectivity index (χ0v) is 17.7. The topological polar surface area (TPSA) is 59.7 Å². The number of nitrogens with zero attached hydrogens (tertiary/aromatic N) is 4. The number of anilines is 1. The van der Waals surface area contributed by atoms with E-state index in [0.29, 0.717) is 17.4 Å². The van der Waals surface area contributed by atoms with Crippen LogP contribution in [0.3, 0.4) is 0 Å². The molecule has 2 aromatic rings. The Morgan fingerprint density at radius 1 is 1.04 bits per heavy atom. The Balaban J connectivity index is 0.00000280. The number of aromatic nitrogens is 2. The van der Waals surface area contributed by atoms with Gasteiger partial charge in [0.1, 0.15) is 11.6 Å². The molecule has 3 rings (SSSR count). The smallest absolute Gasteiger partial charge is 0.332 e. The number of hydrogen-bond donors (Lipinski definition) is 0. The summed E-state index contributed by atoms with van der Waals surface area (Å²) in [6.45, 7) is 4.94. The molecule has 2 heterocycles. The van der Waals surface area contributed by atoms with Crippen LogP contribution in [-0.2, 0) is 14.1 Å². The first-order valence-electron chi connectivity index (χ1n) is 9.08. The van der Waals surface area contributed by atoms with Gasteiger partial charge in [0.05, 0.1) is 6.61 Å². The minimum Gasteiger partial charge on any atom is -0.493 e. The minimum absolute atomic E-state index is 0. The number of halogens is 2. The monoisotopic (exact) mass is 428 g/mol. The molecular formula is C19H26Cl2N4O3. The zero-order chi connectivity index (χ0) is 19.4. The van der Waals surface area contributed by atoms with Crippen LogP contribution in [0.1, 0.15) is 6.42 Å². The first kappa shape index (κ1) is 22.3. The maximum Gasteiger partial charge on any atom is 0.332 e. The summed E-state index contributed by atoms with van der Waals surface area (Å²) in [6, 6.07) is 8.96. The Bertz CT molecular complexity index is 905. The number of benzene rings is 1. The fraction of sp³-hybridized carbons (Fsp3) is 0.474. The van der Waals surface area contributed by atoms with E-state index in [4.69, 9.17) is 16.3 Å². The van der Waals surface area contributed by atoms with Crippen LogP contribution in [0, 0.1) is 0 Å². The highest BCUT2D eigenvalue weighted by atomic mass is 35.5. The average Bonchev–Trinajstić information content (AvgIpc) is 2.67. The summed E-state index contributed by atoms with van der Waals surface area (Å²) < 4.78 is 8.39. The van der Waals surface area contributed by atoms with Crippen molar-refractivity contribution in [2.75, 3.05) is 44.2 Å². The molecule has 0 atom stereocenters. The molecule has 0 radical (unpaired) electrons. The standard InChI is InChI=1S/C19H25ClN4O3.ClH/c1-21-17(14-18(25)22(2)19(21)26)24-10-8-23(9-11-24)7-4-12-27-16-6-3-5-15(20)13-16;/h3,5-6,13-14H,4,7-12H2,1-2H3;1H. The lowest BCUT2D eigenvalue weighted by molar-refractivity contribution is 0.224. The van der Waals surface area contributed by atoms with Crippen molar-refractivity contribution >= 4 is 29.8 Å². The minimum atomic E-state index is -0.293. The molecule has 1 saturated heterocycles.